The molecule has 1 fully saturated rings. The van der Waals surface area contributed by atoms with E-state index >= 15 is 0 Å². The van der Waals surface area contributed by atoms with Gasteiger partial charge in [-0.25, -0.2) is 12.8 Å². The van der Waals surface area contributed by atoms with Crippen LogP contribution in [0.5, 0.6) is 5.75 Å². The molecule has 1 saturated carbocycles. The second-order valence-corrected chi connectivity index (χ2v) is 12.3. The van der Waals surface area contributed by atoms with Crippen molar-refractivity contribution in [2.24, 2.45) is 11.8 Å². The summed E-state index contributed by atoms with van der Waals surface area (Å²) >= 11 is 0. The van der Waals surface area contributed by atoms with Gasteiger partial charge in [-0.05, 0) is 62.2 Å². The summed E-state index contributed by atoms with van der Waals surface area (Å²) in [4.78, 5) is 27.1. The summed E-state index contributed by atoms with van der Waals surface area (Å²) in [5, 5.41) is 12.7. The van der Waals surface area contributed by atoms with Gasteiger partial charge in [0.1, 0.15) is 17.7 Å². The number of halogens is 1. The normalized spacial score (nSPS) is 21.1. The molecule has 0 unspecified atom stereocenters. The third kappa shape index (κ3) is 6.33. The van der Waals surface area contributed by atoms with Gasteiger partial charge in [0.05, 0.1) is 30.5 Å². The van der Waals surface area contributed by atoms with Gasteiger partial charge in [-0.15, -0.1) is 0 Å². The second kappa shape index (κ2) is 11.4. The summed E-state index contributed by atoms with van der Waals surface area (Å²) in [5.74, 6) is -0.670. The number of fused-ring (bicyclic) bond motifs is 1. The van der Waals surface area contributed by atoms with Crippen LogP contribution in [-0.2, 0) is 26.0 Å². The number of carbonyl (C=O) groups is 2. The van der Waals surface area contributed by atoms with Crippen LogP contribution in [0, 0.1) is 17.7 Å². The third-order valence-corrected chi connectivity index (χ3v) is 8.93. The second-order valence-electron chi connectivity index (χ2n) is 10.2. The zero-order chi connectivity index (χ0) is 27.6. The lowest BCUT2D eigenvalue weighted by molar-refractivity contribution is -0.134. The molecule has 38 heavy (non-hydrogen) atoms. The summed E-state index contributed by atoms with van der Waals surface area (Å²) < 4.78 is 47.2. The Morgan fingerprint density at radius 2 is 1.92 bits per heavy atom. The lowest BCUT2D eigenvalue weighted by Gasteiger charge is -2.33. The van der Waals surface area contributed by atoms with Gasteiger partial charge in [-0.1, -0.05) is 6.92 Å². The number of carbonyl (C=O) groups excluding carboxylic acids is 2. The van der Waals surface area contributed by atoms with Crippen molar-refractivity contribution in [2.75, 3.05) is 32.1 Å². The Morgan fingerprint density at radius 3 is 2.55 bits per heavy atom. The number of likely N-dealkylation sites (N-methyl/N-ethyl adjacent to an activating group) is 1. The SMILES string of the molecule is C[C@@H]1CN([C@H](C)CO)C(=O)Cc2cc(NC(=O)C3CC3)ccc2O[C@@H]1CN(C)S(=O)(=O)c1ccc(F)cc1. The molecule has 2 aromatic carbocycles. The topological polar surface area (TPSA) is 116 Å². The van der Waals surface area contributed by atoms with E-state index in [9.17, 15) is 27.5 Å². The molecule has 0 radical (unpaired) electrons. The van der Waals surface area contributed by atoms with E-state index in [-0.39, 0.29) is 54.7 Å². The first-order chi connectivity index (χ1) is 18.0. The van der Waals surface area contributed by atoms with E-state index in [1.807, 2.05) is 6.92 Å². The number of hydrogen-bond acceptors (Lipinski definition) is 6. The van der Waals surface area contributed by atoms with E-state index in [4.69, 9.17) is 4.74 Å². The van der Waals surface area contributed by atoms with Crippen molar-refractivity contribution in [3.8, 4) is 5.75 Å². The van der Waals surface area contributed by atoms with Crippen molar-refractivity contribution in [1.29, 1.82) is 0 Å². The minimum Gasteiger partial charge on any atom is -0.488 e. The number of anilines is 1. The number of sulfonamides is 1. The molecule has 2 N–H and O–H groups in total. The highest BCUT2D eigenvalue weighted by Gasteiger charge is 2.34. The van der Waals surface area contributed by atoms with Crippen molar-refractivity contribution in [3.63, 3.8) is 0 Å². The summed E-state index contributed by atoms with van der Waals surface area (Å²) in [7, 11) is -2.51. The monoisotopic (exact) mass is 547 g/mol. The number of benzene rings is 2. The fraction of sp³-hybridized carbons (Fsp3) is 0.481. The van der Waals surface area contributed by atoms with Crippen LogP contribution >= 0.6 is 0 Å². The summed E-state index contributed by atoms with van der Waals surface area (Å²) in [5.41, 5.74) is 1.11. The fourth-order valence-corrected chi connectivity index (χ4v) is 5.64. The first-order valence-corrected chi connectivity index (χ1v) is 14.2. The van der Waals surface area contributed by atoms with Gasteiger partial charge in [-0.3, -0.25) is 9.59 Å². The zero-order valence-electron chi connectivity index (χ0n) is 21.8. The van der Waals surface area contributed by atoms with E-state index in [1.54, 1.807) is 30.0 Å². The van der Waals surface area contributed by atoms with Gasteiger partial charge < -0.3 is 20.1 Å². The Balaban J connectivity index is 1.64. The number of nitrogens with one attached hydrogen (secondary N) is 1. The van der Waals surface area contributed by atoms with Crippen molar-refractivity contribution in [1.82, 2.24) is 9.21 Å². The van der Waals surface area contributed by atoms with Gasteiger partial charge in [0.2, 0.25) is 21.8 Å². The van der Waals surface area contributed by atoms with E-state index in [1.165, 1.54) is 19.2 Å². The van der Waals surface area contributed by atoms with Gasteiger partial charge in [0.15, 0.2) is 0 Å². The molecule has 1 aliphatic carbocycles. The Kier molecular flexibility index (Phi) is 8.39. The minimum atomic E-state index is -3.94. The molecular weight excluding hydrogens is 513 g/mol. The Morgan fingerprint density at radius 1 is 1.24 bits per heavy atom. The molecule has 3 atom stereocenters. The molecule has 0 spiro atoms. The van der Waals surface area contributed by atoms with Crippen molar-refractivity contribution >= 4 is 27.5 Å². The standard InChI is InChI=1S/C27H34FN3O6S/c1-17-14-31(18(2)16-32)26(33)13-20-12-22(29-27(34)19-4-5-19)8-11-24(20)37-25(17)15-30(3)38(35,36)23-9-6-21(28)7-10-23/h6-12,17-19,25,32H,4-5,13-16H2,1-3H3,(H,29,34)/t17-,18-,25-/m1/s1. The lowest BCUT2D eigenvalue weighted by atomic mass is 10.0. The maximum absolute atomic E-state index is 13.4. The number of amides is 2. The quantitative estimate of drug-likeness (QED) is 0.525. The Bertz CT molecular complexity index is 1280. The predicted molar refractivity (Wildman–Crippen MR) is 140 cm³/mol. The van der Waals surface area contributed by atoms with Gasteiger partial charge >= 0.3 is 0 Å². The van der Waals surface area contributed by atoms with Crippen LogP contribution in [0.2, 0.25) is 0 Å². The Labute approximate surface area is 222 Å². The van der Waals surface area contributed by atoms with Gasteiger partial charge in [0.25, 0.3) is 0 Å². The maximum atomic E-state index is 13.4. The van der Waals surface area contributed by atoms with Crippen LogP contribution < -0.4 is 10.1 Å². The molecule has 1 heterocycles. The van der Waals surface area contributed by atoms with E-state index in [0.29, 0.717) is 17.0 Å². The molecule has 206 valence electrons. The number of aliphatic hydroxyl groups is 1. The number of rotatable bonds is 8. The van der Waals surface area contributed by atoms with Crippen LogP contribution in [0.3, 0.4) is 0 Å². The average Bonchev–Trinajstić information content (AvgIpc) is 3.72. The molecule has 4 rings (SSSR count). The van der Waals surface area contributed by atoms with E-state index in [0.717, 1.165) is 29.3 Å². The van der Waals surface area contributed by atoms with Crippen LogP contribution in [0.15, 0.2) is 47.4 Å². The minimum absolute atomic E-state index is 0.00400. The summed E-state index contributed by atoms with van der Waals surface area (Å²) in [6.07, 6.45) is 1.07. The van der Waals surface area contributed by atoms with Gasteiger partial charge in [-0.2, -0.15) is 4.31 Å². The van der Waals surface area contributed by atoms with Crippen LogP contribution in [-0.4, -0.2) is 73.4 Å². The first-order valence-electron chi connectivity index (χ1n) is 12.7. The fourth-order valence-electron chi connectivity index (χ4n) is 4.45. The predicted octanol–water partition coefficient (Wildman–Crippen LogP) is 2.64. The van der Waals surface area contributed by atoms with Crippen molar-refractivity contribution < 1.29 is 32.2 Å². The van der Waals surface area contributed by atoms with E-state index in [2.05, 4.69) is 5.32 Å². The molecule has 1 aliphatic heterocycles. The molecule has 2 aromatic rings. The number of ether oxygens (including phenoxy) is 1. The molecule has 9 nitrogen and oxygen atoms in total. The molecule has 11 heteroatoms. The number of aliphatic hydroxyl groups excluding tert-OH is 1. The highest BCUT2D eigenvalue weighted by Crippen LogP contribution is 2.33. The zero-order valence-corrected chi connectivity index (χ0v) is 22.6. The molecule has 2 amide bonds. The Hall–Kier alpha value is -3.02. The van der Waals surface area contributed by atoms with Crippen LogP contribution in [0.4, 0.5) is 10.1 Å². The largest absolute Gasteiger partial charge is 0.488 e. The molecule has 0 saturated heterocycles. The smallest absolute Gasteiger partial charge is 0.242 e. The molecular formula is C27H34FN3O6S. The number of hydrogen-bond donors (Lipinski definition) is 2. The molecule has 2 aliphatic rings. The number of nitrogens with zero attached hydrogens (tertiary/aromatic N) is 2. The van der Waals surface area contributed by atoms with Gasteiger partial charge in [0, 0.05) is 36.7 Å². The summed E-state index contributed by atoms with van der Waals surface area (Å²) in [6.45, 7) is 3.59. The van der Waals surface area contributed by atoms with Crippen molar-refractivity contribution in [3.05, 3.63) is 53.8 Å². The third-order valence-electron chi connectivity index (χ3n) is 7.09. The lowest BCUT2D eigenvalue weighted by Crippen LogP contribution is -2.48. The highest BCUT2D eigenvalue weighted by atomic mass is 32.2. The van der Waals surface area contributed by atoms with Crippen LogP contribution in [0.25, 0.3) is 0 Å². The molecule has 0 aromatic heterocycles. The van der Waals surface area contributed by atoms with Crippen LogP contribution in [0.1, 0.15) is 32.3 Å². The van der Waals surface area contributed by atoms with E-state index < -0.39 is 28.0 Å². The highest BCUT2D eigenvalue weighted by molar-refractivity contribution is 7.89. The first kappa shape index (κ1) is 28.0. The molecule has 0 bridgehead atoms. The average molecular weight is 548 g/mol. The van der Waals surface area contributed by atoms with Crippen molar-refractivity contribution in [2.45, 2.75) is 50.2 Å². The summed E-state index contributed by atoms with van der Waals surface area (Å²) in [6, 6.07) is 9.26. The maximum Gasteiger partial charge on any atom is 0.242 e.